The fraction of sp³-hybridized carbons (Fsp3) is 0.579. The van der Waals surface area contributed by atoms with E-state index >= 15 is 0 Å². The largest absolute Gasteiger partial charge is 0.340 e. The molecule has 2 saturated heterocycles. The smallest absolute Gasteiger partial charge is 0.228 e. The van der Waals surface area contributed by atoms with Crippen molar-refractivity contribution in [1.29, 1.82) is 0 Å². The molecule has 0 aromatic heterocycles. The van der Waals surface area contributed by atoms with Crippen LogP contribution in [-0.4, -0.2) is 59.9 Å². The van der Waals surface area contributed by atoms with E-state index in [9.17, 15) is 14.0 Å². The first-order valence-electron chi connectivity index (χ1n) is 8.85. The molecule has 136 valence electrons. The lowest BCUT2D eigenvalue weighted by atomic mass is 10.0. The number of hydrogen-bond donors (Lipinski definition) is 0. The molecular weight excluding hydrogens is 321 g/mol. The molecule has 0 unspecified atom stereocenters. The second-order valence-corrected chi connectivity index (χ2v) is 7.86. The minimum atomic E-state index is -0.334. The van der Waals surface area contributed by atoms with Crippen molar-refractivity contribution in [3.8, 4) is 0 Å². The van der Waals surface area contributed by atoms with Gasteiger partial charge < -0.3 is 9.80 Å². The molecule has 3 rings (SSSR count). The predicted octanol–water partition coefficient (Wildman–Crippen LogP) is 2.12. The lowest BCUT2D eigenvalue weighted by molar-refractivity contribution is -0.138. The quantitative estimate of drug-likeness (QED) is 0.823. The van der Waals surface area contributed by atoms with Crippen LogP contribution in [0.1, 0.15) is 27.2 Å². The zero-order valence-corrected chi connectivity index (χ0v) is 15.2. The molecule has 0 aliphatic carbocycles. The van der Waals surface area contributed by atoms with E-state index < -0.39 is 0 Å². The molecule has 1 atom stereocenters. The Morgan fingerprint density at radius 3 is 2.24 bits per heavy atom. The van der Waals surface area contributed by atoms with Crippen LogP contribution < -0.4 is 4.90 Å². The fourth-order valence-corrected chi connectivity index (χ4v) is 3.60. The number of rotatable bonds is 2. The number of halogens is 1. The number of benzene rings is 1. The summed E-state index contributed by atoms with van der Waals surface area (Å²) in [5.41, 5.74) is 0.761. The van der Waals surface area contributed by atoms with E-state index in [-0.39, 0.29) is 35.5 Å². The van der Waals surface area contributed by atoms with Gasteiger partial charge in [0.2, 0.25) is 11.8 Å². The van der Waals surface area contributed by atoms with Crippen molar-refractivity contribution in [2.75, 3.05) is 37.6 Å². The zero-order chi connectivity index (χ0) is 18.2. The van der Waals surface area contributed by atoms with Crippen molar-refractivity contribution in [2.45, 2.75) is 32.7 Å². The lowest BCUT2D eigenvalue weighted by Crippen LogP contribution is -2.55. The zero-order valence-electron chi connectivity index (χ0n) is 15.2. The standard InChI is InChI=1S/C19H26FN3O2/c1-19(2,3)22-10-8-21(9-11-22)18(25)14-12-17(24)23(13-14)16-6-4-15(20)5-7-16/h4-7,14H,8-13H2,1-3H3/t14-/m1/s1. The van der Waals surface area contributed by atoms with Crippen LogP contribution >= 0.6 is 0 Å². The monoisotopic (exact) mass is 347 g/mol. The van der Waals surface area contributed by atoms with Crippen LogP contribution in [0.3, 0.4) is 0 Å². The van der Waals surface area contributed by atoms with E-state index in [1.165, 1.54) is 12.1 Å². The van der Waals surface area contributed by atoms with Crippen LogP contribution in [0.25, 0.3) is 0 Å². The van der Waals surface area contributed by atoms with E-state index in [2.05, 4.69) is 25.7 Å². The number of carbonyl (C=O) groups excluding carboxylic acids is 2. The third-order valence-electron chi connectivity index (χ3n) is 5.15. The van der Waals surface area contributed by atoms with Crippen molar-refractivity contribution in [1.82, 2.24) is 9.80 Å². The van der Waals surface area contributed by atoms with Gasteiger partial charge in [0.05, 0.1) is 5.92 Å². The van der Waals surface area contributed by atoms with Gasteiger partial charge >= 0.3 is 0 Å². The summed E-state index contributed by atoms with van der Waals surface area (Å²) in [5.74, 6) is -0.650. The predicted molar refractivity (Wildman–Crippen MR) is 94.8 cm³/mol. The van der Waals surface area contributed by atoms with E-state index in [4.69, 9.17) is 0 Å². The van der Waals surface area contributed by atoms with Crippen LogP contribution in [0, 0.1) is 11.7 Å². The maximum absolute atomic E-state index is 13.1. The molecule has 0 bridgehead atoms. The molecule has 1 aromatic rings. The van der Waals surface area contributed by atoms with Crippen LogP contribution in [0.4, 0.5) is 10.1 Å². The number of piperazine rings is 1. The molecular formula is C19H26FN3O2. The van der Waals surface area contributed by atoms with Crippen LogP contribution in [-0.2, 0) is 9.59 Å². The second kappa shape index (κ2) is 6.75. The Kier molecular flexibility index (Phi) is 4.82. The molecule has 6 heteroatoms. The molecule has 0 N–H and O–H groups in total. The minimum absolute atomic E-state index is 0.0616. The Morgan fingerprint density at radius 2 is 1.68 bits per heavy atom. The van der Waals surface area contributed by atoms with Crippen LogP contribution in [0.2, 0.25) is 0 Å². The number of carbonyl (C=O) groups is 2. The van der Waals surface area contributed by atoms with Crippen molar-refractivity contribution in [2.24, 2.45) is 5.92 Å². The highest BCUT2D eigenvalue weighted by Crippen LogP contribution is 2.27. The van der Waals surface area contributed by atoms with Gasteiger partial charge in [0.1, 0.15) is 5.82 Å². The Bertz CT molecular complexity index is 646. The lowest BCUT2D eigenvalue weighted by Gasteiger charge is -2.42. The topological polar surface area (TPSA) is 43.9 Å². The summed E-state index contributed by atoms with van der Waals surface area (Å²) in [6.45, 7) is 10.1. The van der Waals surface area contributed by atoms with Crippen molar-refractivity contribution < 1.29 is 14.0 Å². The Balaban J connectivity index is 1.61. The van der Waals surface area contributed by atoms with Crippen molar-refractivity contribution >= 4 is 17.5 Å². The van der Waals surface area contributed by atoms with E-state index in [0.717, 1.165) is 13.1 Å². The molecule has 5 nitrogen and oxygen atoms in total. The van der Waals surface area contributed by atoms with Gasteiger partial charge in [-0.1, -0.05) is 0 Å². The summed E-state index contributed by atoms with van der Waals surface area (Å²) < 4.78 is 13.1. The van der Waals surface area contributed by atoms with Crippen molar-refractivity contribution in [3.05, 3.63) is 30.1 Å². The molecule has 1 aromatic carbocycles. The molecule has 2 aliphatic heterocycles. The summed E-state index contributed by atoms with van der Waals surface area (Å²) in [7, 11) is 0. The third kappa shape index (κ3) is 3.84. The molecule has 0 radical (unpaired) electrons. The second-order valence-electron chi connectivity index (χ2n) is 7.86. The highest BCUT2D eigenvalue weighted by Gasteiger charge is 2.38. The maximum atomic E-state index is 13.1. The Labute approximate surface area is 148 Å². The average Bonchev–Trinajstić information content (AvgIpc) is 2.96. The summed E-state index contributed by atoms with van der Waals surface area (Å²) in [6.07, 6.45) is 0.232. The maximum Gasteiger partial charge on any atom is 0.228 e. The number of amides is 2. The van der Waals surface area contributed by atoms with Gasteiger partial charge in [-0.15, -0.1) is 0 Å². The first-order chi connectivity index (χ1) is 11.8. The highest BCUT2D eigenvalue weighted by molar-refractivity contribution is 6.00. The van der Waals surface area contributed by atoms with Crippen LogP contribution in [0.15, 0.2) is 24.3 Å². The van der Waals surface area contributed by atoms with Gasteiger partial charge in [-0.05, 0) is 45.0 Å². The summed E-state index contributed by atoms with van der Waals surface area (Å²) in [5, 5.41) is 0. The van der Waals surface area contributed by atoms with E-state index in [0.29, 0.717) is 25.3 Å². The van der Waals surface area contributed by atoms with Gasteiger partial charge in [-0.25, -0.2) is 4.39 Å². The summed E-state index contributed by atoms with van der Waals surface area (Å²) in [6, 6.07) is 5.84. The Morgan fingerprint density at radius 1 is 1.08 bits per heavy atom. The molecule has 25 heavy (non-hydrogen) atoms. The van der Waals surface area contributed by atoms with E-state index in [1.54, 1.807) is 17.0 Å². The average molecular weight is 347 g/mol. The SMILES string of the molecule is CC(C)(C)N1CCN(C(=O)[C@@H]2CC(=O)N(c3ccc(F)cc3)C2)CC1. The van der Waals surface area contributed by atoms with E-state index in [1.807, 2.05) is 4.90 Å². The molecule has 2 amide bonds. The highest BCUT2D eigenvalue weighted by atomic mass is 19.1. The molecule has 0 spiro atoms. The molecule has 2 heterocycles. The van der Waals surface area contributed by atoms with Gasteiger partial charge in [-0.2, -0.15) is 0 Å². The summed E-state index contributed by atoms with van der Waals surface area (Å²) >= 11 is 0. The normalized spacial score (nSPS) is 22.6. The molecule has 0 saturated carbocycles. The summed E-state index contributed by atoms with van der Waals surface area (Å²) in [4.78, 5) is 30.9. The van der Waals surface area contributed by atoms with Crippen molar-refractivity contribution in [3.63, 3.8) is 0 Å². The molecule has 2 aliphatic rings. The minimum Gasteiger partial charge on any atom is -0.340 e. The fourth-order valence-electron chi connectivity index (χ4n) is 3.60. The van der Waals surface area contributed by atoms with Gasteiger partial charge in [0, 0.05) is 50.4 Å². The Hall–Kier alpha value is -1.95. The first-order valence-corrected chi connectivity index (χ1v) is 8.85. The molecule has 2 fully saturated rings. The third-order valence-corrected chi connectivity index (χ3v) is 5.15. The van der Waals surface area contributed by atoms with Crippen LogP contribution in [0.5, 0.6) is 0 Å². The van der Waals surface area contributed by atoms with Gasteiger partial charge in [0.15, 0.2) is 0 Å². The number of hydrogen-bond acceptors (Lipinski definition) is 3. The number of nitrogens with zero attached hydrogens (tertiary/aromatic N) is 3. The first kappa shape index (κ1) is 17.9. The van der Waals surface area contributed by atoms with Gasteiger partial charge in [-0.3, -0.25) is 14.5 Å². The van der Waals surface area contributed by atoms with Gasteiger partial charge in [0.25, 0.3) is 0 Å². The number of anilines is 1.